The summed E-state index contributed by atoms with van der Waals surface area (Å²) in [7, 11) is 7.10. The molecule has 0 spiro atoms. The molecule has 0 radical (unpaired) electrons. The van der Waals surface area contributed by atoms with Crippen molar-refractivity contribution in [2.75, 3.05) is 27.7 Å². The van der Waals surface area contributed by atoms with E-state index in [4.69, 9.17) is 0 Å². The predicted octanol–water partition coefficient (Wildman–Crippen LogP) is 11.6. The number of nitrogens with zero attached hydrogens (tertiary/aromatic N) is 1. The van der Waals surface area contributed by atoms with Gasteiger partial charge < -0.3 is 16.9 Å². The van der Waals surface area contributed by atoms with E-state index in [1.807, 2.05) is 0 Å². The van der Waals surface area contributed by atoms with E-state index in [0.717, 1.165) is 10.4 Å². The minimum absolute atomic E-state index is 0. The Balaban J connectivity index is 0. The number of hydrogen-bond acceptors (Lipinski definition) is 0. The molecule has 0 aliphatic carbocycles. The fourth-order valence-corrected chi connectivity index (χ4v) is 6.36. The fraction of sp³-hybridized carbons (Fsp3) is 0.905. The summed E-state index contributed by atoms with van der Waals surface area (Å²) in [6.07, 6.45) is 53.7. The highest BCUT2D eigenvalue weighted by Crippen LogP contribution is 2.23. The molecule has 0 saturated heterocycles. The molecule has 0 N–H and O–H groups in total. The van der Waals surface area contributed by atoms with E-state index in [9.17, 15) is 0 Å². The van der Waals surface area contributed by atoms with Crippen molar-refractivity contribution >= 4 is 0 Å². The van der Waals surface area contributed by atoms with Gasteiger partial charge in [-0.05, 0) is 63.7 Å². The second-order valence-corrected chi connectivity index (χ2v) is 15.1. The average molecular weight is 639 g/mol. The molecule has 0 aromatic carbocycles. The van der Waals surface area contributed by atoms with Crippen LogP contribution in [0.2, 0.25) is 0 Å². The first-order chi connectivity index (χ1) is 21.0. The van der Waals surface area contributed by atoms with Crippen LogP contribution in [0.4, 0.5) is 0 Å². The highest BCUT2D eigenvalue weighted by molar-refractivity contribution is 4.82. The number of rotatable bonds is 35. The number of halogens is 1. The van der Waals surface area contributed by atoms with Crippen LogP contribution in [0.15, 0.2) is 24.3 Å². The summed E-state index contributed by atoms with van der Waals surface area (Å²) in [5.74, 6) is 0.964. The molecule has 0 bridgehead atoms. The number of unbranched alkanes of at least 4 members (excludes halogenated alkanes) is 24. The van der Waals surface area contributed by atoms with Gasteiger partial charge in [0.25, 0.3) is 0 Å². The fourth-order valence-electron chi connectivity index (χ4n) is 6.36. The Bertz CT molecular complexity index is 533. The predicted molar refractivity (Wildman–Crippen MR) is 199 cm³/mol. The van der Waals surface area contributed by atoms with Gasteiger partial charge in [0.15, 0.2) is 0 Å². The van der Waals surface area contributed by atoms with E-state index < -0.39 is 0 Å². The molecule has 0 aliphatic rings. The van der Waals surface area contributed by atoms with Gasteiger partial charge in [0.05, 0.1) is 27.7 Å². The molecule has 2 heteroatoms. The molecule has 1 nitrogen and oxygen atoms in total. The molecule has 0 aliphatic heterocycles. The average Bonchev–Trinajstić information content (AvgIpc) is 2.98. The molecular weight excluding hydrogens is 554 g/mol. The molecule has 0 rings (SSSR count). The van der Waals surface area contributed by atoms with Gasteiger partial charge in [-0.1, -0.05) is 179 Å². The van der Waals surface area contributed by atoms with Crippen LogP contribution in [0.5, 0.6) is 0 Å². The Kier molecular flexibility index (Phi) is 38.8. The standard InChI is InChI=1S/C42H84N.ClH/c1-6-8-10-12-14-16-18-20-22-24-26-28-30-32-34-36-38-42(40-41-43(3,4)5)39-37-35-33-31-29-27-25-23-21-19-17-15-13-11-9-7-2;/h20-23,42H,6-19,24-41H2,1-5H3;1H/q+1;/p-1/b22-20-,23-21-;. The van der Waals surface area contributed by atoms with Gasteiger partial charge in [0.2, 0.25) is 0 Å². The first kappa shape index (κ1) is 45.9. The highest BCUT2D eigenvalue weighted by Gasteiger charge is 2.14. The molecule has 0 atom stereocenters. The molecule has 44 heavy (non-hydrogen) atoms. The van der Waals surface area contributed by atoms with Crippen molar-refractivity contribution in [2.45, 2.75) is 213 Å². The molecule has 0 aromatic heterocycles. The van der Waals surface area contributed by atoms with Crippen LogP contribution in [0.1, 0.15) is 213 Å². The van der Waals surface area contributed by atoms with Crippen LogP contribution in [-0.2, 0) is 0 Å². The zero-order chi connectivity index (χ0) is 31.5. The quantitative estimate of drug-likeness (QED) is 0.0368. The van der Waals surface area contributed by atoms with Crippen LogP contribution in [-0.4, -0.2) is 32.2 Å². The SMILES string of the molecule is CCCCCCCC/C=C\CCCCCCCCC(CCCCCCCC/C=C\CCCCCCCC)CC[N+](C)(C)C.[Cl-]. The molecule has 0 heterocycles. The minimum atomic E-state index is 0. The number of quaternary nitrogens is 1. The van der Waals surface area contributed by atoms with E-state index in [1.165, 1.54) is 206 Å². The van der Waals surface area contributed by atoms with Crippen molar-refractivity contribution in [1.29, 1.82) is 0 Å². The minimum Gasteiger partial charge on any atom is -1.00 e. The maximum absolute atomic E-state index is 2.46. The first-order valence-corrected chi connectivity index (χ1v) is 20.1. The highest BCUT2D eigenvalue weighted by atomic mass is 35.5. The van der Waals surface area contributed by atoms with Crippen molar-refractivity contribution in [3.63, 3.8) is 0 Å². The van der Waals surface area contributed by atoms with Crippen molar-refractivity contribution < 1.29 is 16.9 Å². The molecule has 0 saturated carbocycles. The Labute approximate surface area is 286 Å². The van der Waals surface area contributed by atoms with Gasteiger partial charge in [-0.2, -0.15) is 0 Å². The van der Waals surface area contributed by atoms with Crippen LogP contribution in [0, 0.1) is 5.92 Å². The lowest BCUT2D eigenvalue weighted by Gasteiger charge is -2.27. The maximum atomic E-state index is 2.46. The molecule has 0 amide bonds. The second kappa shape index (κ2) is 37.2. The topological polar surface area (TPSA) is 0 Å². The molecule has 0 fully saturated rings. The largest absolute Gasteiger partial charge is 1.00 e. The monoisotopic (exact) mass is 638 g/mol. The second-order valence-electron chi connectivity index (χ2n) is 15.1. The van der Waals surface area contributed by atoms with Gasteiger partial charge in [-0.3, -0.25) is 0 Å². The van der Waals surface area contributed by atoms with Crippen molar-refractivity contribution in [3.8, 4) is 0 Å². The normalized spacial score (nSPS) is 12.2. The Morgan fingerprint density at radius 2 is 0.636 bits per heavy atom. The third-order valence-electron chi connectivity index (χ3n) is 9.46. The van der Waals surface area contributed by atoms with Gasteiger partial charge in [0, 0.05) is 0 Å². The van der Waals surface area contributed by atoms with Gasteiger partial charge in [-0.15, -0.1) is 0 Å². The molecular formula is C42H84ClN. The van der Waals surface area contributed by atoms with Crippen LogP contribution >= 0.6 is 0 Å². The summed E-state index contributed by atoms with van der Waals surface area (Å²) in [4.78, 5) is 0. The Hall–Kier alpha value is -0.270. The maximum Gasteiger partial charge on any atom is 0.0783 e. The lowest BCUT2D eigenvalue weighted by Crippen LogP contribution is -3.00. The summed E-state index contributed by atoms with van der Waals surface area (Å²) < 4.78 is 1.12. The summed E-state index contributed by atoms with van der Waals surface area (Å²) in [6, 6.07) is 0. The smallest absolute Gasteiger partial charge is 0.0783 e. The van der Waals surface area contributed by atoms with E-state index >= 15 is 0 Å². The lowest BCUT2D eigenvalue weighted by molar-refractivity contribution is -0.871. The Morgan fingerprint density at radius 3 is 0.932 bits per heavy atom. The lowest BCUT2D eigenvalue weighted by atomic mass is 9.91. The van der Waals surface area contributed by atoms with E-state index in [2.05, 4.69) is 59.3 Å². The molecule has 0 aromatic rings. The molecule has 0 unspecified atom stereocenters. The van der Waals surface area contributed by atoms with E-state index in [0.29, 0.717) is 0 Å². The van der Waals surface area contributed by atoms with Crippen molar-refractivity contribution in [3.05, 3.63) is 24.3 Å². The zero-order valence-corrected chi connectivity index (χ0v) is 32.1. The van der Waals surface area contributed by atoms with Gasteiger partial charge >= 0.3 is 0 Å². The van der Waals surface area contributed by atoms with E-state index in [-0.39, 0.29) is 12.4 Å². The third kappa shape index (κ3) is 39.8. The third-order valence-corrected chi connectivity index (χ3v) is 9.46. The van der Waals surface area contributed by atoms with Crippen LogP contribution in [0.25, 0.3) is 0 Å². The van der Waals surface area contributed by atoms with Crippen LogP contribution < -0.4 is 12.4 Å². The summed E-state index contributed by atoms with van der Waals surface area (Å²) in [5, 5.41) is 0. The van der Waals surface area contributed by atoms with Crippen molar-refractivity contribution in [1.82, 2.24) is 0 Å². The zero-order valence-electron chi connectivity index (χ0n) is 31.3. The van der Waals surface area contributed by atoms with Crippen molar-refractivity contribution in [2.24, 2.45) is 5.92 Å². The van der Waals surface area contributed by atoms with Gasteiger partial charge in [0.1, 0.15) is 0 Å². The number of hydrogen-bond donors (Lipinski definition) is 0. The number of allylic oxidation sites excluding steroid dienone is 4. The van der Waals surface area contributed by atoms with Gasteiger partial charge in [-0.25, -0.2) is 0 Å². The summed E-state index contributed by atoms with van der Waals surface area (Å²) >= 11 is 0. The summed E-state index contributed by atoms with van der Waals surface area (Å²) in [6.45, 7) is 5.94. The first-order valence-electron chi connectivity index (χ1n) is 20.1. The Morgan fingerprint density at radius 1 is 0.364 bits per heavy atom. The summed E-state index contributed by atoms with van der Waals surface area (Å²) in [5.41, 5.74) is 0. The van der Waals surface area contributed by atoms with Crippen LogP contribution in [0.3, 0.4) is 0 Å². The molecule has 264 valence electrons. The van der Waals surface area contributed by atoms with E-state index in [1.54, 1.807) is 0 Å².